The summed E-state index contributed by atoms with van der Waals surface area (Å²) in [5, 5.41) is 11.7. The van der Waals surface area contributed by atoms with Crippen molar-refractivity contribution in [2.75, 3.05) is 6.54 Å². The van der Waals surface area contributed by atoms with E-state index in [1.807, 2.05) is 0 Å². The maximum absolute atomic E-state index is 11.8. The topological polar surface area (TPSA) is 75.6 Å². The molecule has 1 aromatic carbocycles. The number of hydrogen-bond acceptors (Lipinski definition) is 3. The van der Waals surface area contributed by atoms with Crippen LogP contribution in [0.1, 0.15) is 37.6 Å². The first-order valence-corrected chi connectivity index (χ1v) is 6.68. The normalized spacial score (nSPS) is 12.0. The van der Waals surface area contributed by atoms with Crippen LogP contribution in [0.2, 0.25) is 0 Å². The molecule has 1 aromatic rings. The number of hydrogen-bond donors (Lipinski definition) is 2. The molecule has 0 aliphatic carbocycles. The summed E-state index contributed by atoms with van der Waals surface area (Å²) in [5.41, 5.74) is 0.134. The van der Waals surface area contributed by atoms with E-state index in [0.29, 0.717) is 18.2 Å². The molecule has 0 saturated carbocycles. The summed E-state index contributed by atoms with van der Waals surface area (Å²) in [5.74, 6) is -0.328. The number of ether oxygens (including phenoxy) is 1. The second-order valence-electron chi connectivity index (χ2n) is 5.07. The van der Waals surface area contributed by atoms with Gasteiger partial charge in [0.1, 0.15) is 5.75 Å². The van der Waals surface area contributed by atoms with Gasteiger partial charge < -0.3 is 15.2 Å². The Labute approximate surface area is 118 Å². The molecule has 0 saturated heterocycles. The first-order valence-electron chi connectivity index (χ1n) is 6.68. The summed E-state index contributed by atoms with van der Waals surface area (Å²) < 4.78 is 5.45. The smallest absolute Gasteiger partial charge is 0.335 e. The van der Waals surface area contributed by atoms with Gasteiger partial charge in [-0.25, -0.2) is 4.79 Å². The minimum Gasteiger partial charge on any atom is -0.481 e. The molecule has 1 amide bonds. The Morgan fingerprint density at radius 2 is 2.00 bits per heavy atom. The third-order valence-electron chi connectivity index (χ3n) is 2.78. The predicted octanol–water partition coefficient (Wildman–Crippen LogP) is 2.31. The highest BCUT2D eigenvalue weighted by molar-refractivity contribution is 5.88. The summed E-state index contributed by atoms with van der Waals surface area (Å²) >= 11 is 0. The lowest BCUT2D eigenvalue weighted by molar-refractivity contribution is -0.127. The van der Waals surface area contributed by atoms with Crippen LogP contribution in [0.25, 0.3) is 0 Å². The van der Waals surface area contributed by atoms with Crippen LogP contribution >= 0.6 is 0 Å². The quantitative estimate of drug-likeness (QED) is 0.803. The lowest BCUT2D eigenvalue weighted by Gasteiger charge is -2.15. The van der Waals surface area contributed by atoms with Crippen molar-refractivity contribution in [3.05, 3.63) is 29.8 Å². The molecule has 0 aliphatic rings. The lowest BCUT2D eigenvalue weighted by Crippen LogP contribution is -2.37. The molecule has 0 heterocycles. The molecule has 5 nitrogen and oxygen atoms in total. The molecule has 0 fully saturated rings. The van der Waals surface area contributed by atoms with Crippen LogP contribution in [-0.4, -0.2) is 29.6 Å². The van der Waals surface area contributed by atoms with Gasteiger partial charge in [0.25, 0.3) is 5.91 Å². The van der Waals surface area contributed by atoms with Crippen molar-refractivity contribution in [3.63, 3.8) is 0 Å². The number of aromatic carboxylic acids is 1. The molecule has 0 aromatic heterocycles. The molecule has 20 heavy (non-hydrogen) atoms. The van der Waals surface area contributed by atoms with Crippen LogP contribution in [0.4, 0.5) is 0 Å². The largest absolute Gasteiger partial charge is 0.481 e. The van der Waals surface area contributed by atoms with Crippen LogP contribution in [0.15, 0.2) is 24.3 Å². The van der Waals surface area contributed by atoms with Crippen molar-refractivity contribution in [3.8, 4) is 5.75 Å². The average Bonchev–Trinajstić information content (AvgIpc) is 2.38. The Hall–Kier alpha value is -2.04. The first kappa shape index (κ1) is 16.0. The number of rotatable bonds is 7. The molecule has 0 bridgehead atoms. The SMILES string of the molecule is CC(C)CCNC(=O)C(C)Oc1cccc(C(=O)O)c1. The van der Waals surface area contributed by atoms with Crippen LogP contribution in [0, 0.1) is 5.92 Å². The fourth-order valence-corrected chi connectivity index (χ4v) is 1.59. The Morgan fingerprint density at radius 3 is 2.60 bits per heavy atom. The van der Waals surface area contributed by atoms with Gasteiger partial charge in [0.2, 0.25) is 0 Å². The number of carbonyl (C=O) groups excluding carboxylic acids is 1. The van der Waals surface area contributed by atoms with Crippen LogP contribution in [-0.2, 0) is 4.79 Å². The van der Waals surface area contributed by atoms with Crippen LogP contribution in [0.3, 0.4) is 0 Å². The summed E-state index contributed by atoms with van der Waals surface area (Å²) in [6, 6.07) is 6.09. The molecule has 0 spiro atoms. The lowest BCUT2D eigenvalue weighted by atomic mass is 10.1. The standard InChI is InChI=1S/C15H21NO4/c1-10(2)7-8-16-14(17)11(3)20-13-6-4-5-12(9-13)15(18)19/h4-6,9-11H,7-8H2,1-3H3,(H,16,17)(H,18,19). The van der Waals surface area contributed by atoms with Crippen molar-refractivity contribution in [2.45, 2.75) is 33.3 Å². The van der Waals surface area contributed by atoms with E-state index in [1.165, 1.54) is 12.1 Å². The highest BCUT2D eigenvalue weighted by atomic mass is 16.5. The third kappa shape index (κ3) is 5.30. The average molecular weight is 279 g/mol. The van der Waals surface area contributed by atoms with E-state index >= 15 is 0 Å². The van der Waals surface area contributed by atoms with Gasteiger partial charge in [0.15, 0.2) is 6.10 Å². The van der Waals surface area contributed by atoms with Crippen molar-refractivity contribution < 1.29 is 19.4 Å². The van der Waals surface area contributed by atoms with Crippen molar-refractivity contribution in [2.24, 2.45) is 5.92 Å². The molecule has 1 atom stereocenters. The molecular weight excluding hydrogens is 258 g/mol. The van der Waals surface area contributed by atoms with Gasteiger partial charge >= 0.3 is 5.97 Å². The van der Waals surface area contributed by atoms with E-state index in [-0.39, 0.29) is 11.5 Å². The summed E-state index contributed by atoms with van der Waals surface area (Å²) in [6.07, 6.45) is 0.249. The van der Waals surface area contributed by atoms with Crippen molar-refractivity contribution >= 4 is 11.9 Å². The van der Waals surface area contributed by atoms with Gasteiger partial charge in [-0.15, -0.1) is 0 Å². The minimum atomic E-state index is -1.02. The second kappa shape index (κ2) is 7.53. The molecule has 0 aliphatic heterocycles. The number of carboxylic acids is 1. The van der Waals surface area contributed by atoms with Gasteiger partial charge in [0, 0.05) is 6.54 Å². The van der Waals surface area contributed by atoms with Crippen molar-refractivity contribution in [1.29, 1.82) is 0 Å². The summed E-state index contributed by atoms with van der Waals surface area (Å²) in [6.45, 7) is 6.42. The predicted molar refractivity (Wildman–Crippen MR) is 76.0 cm³/mol. The fourth-order valence-electron chi connectivity index (χ4n) is 1.59. The highest BCUT2D eigenvalue weighted by Crippen LogP contribution is 2.15. The van der Waals surface area contributed by atoms with E-state index in [9.17, 15) is 9.59 Å². The maximum atomic E-state index is 11.8. The molecule has 0 radical (unpaired) electrons. The number of carbonyl (C=O) groups is 2. The number of nitrogens with one attached hydrogen (secondary N) is 1. The van der Waals surface area contributed by atoms with E-state index in [1.54, 1.807) is 19.1 Å². The first-order chi connectivity index (χ1) is 9.40. The van der Waals surface area contributed by atoms with Crippen LogP contribution < -0.4 is 10.1 Å². The monoisotopic (exact) mass is 279 g/mol. The second-order valence-corrected chi connectivity index (χ2v) is 5.07. The zero-order valence-electron chi connectivity index (χ0n) is 12.1. The molecule has 5 heteroatoms. The Kier molecular flexibility index (Phi) is 6.03. The van der Waals surface area contributed by atoms with Gasteiger partial charge in [-0.1, -0.05) is 19.9 Å². The Balaban J connectivity index is 2.52. The van der Waals surface area contributed by atoms with Gasteiger partial charge in [-0.3, -0.25) is 4.79 Å². The van der Waals surface area contributed by atoms with E-state index in [2.05, 4.69) is 19.2 Å². The molecule has 1 rings (SSSR count). The molecule has 1 unspecified atom stereocenters. The molecule has 110 valence electrons. The highest BCUT2D eigenvalue weighted by Gasteiger charge is 2.15. The maximum Gasteiger partial charge on any atom is 0.335 e. The van der Waals surface area contributed by atoms with Crippen molar-refractivity contribution in [1.82, 2.24) is 5.32 Å². The zero-order valence-corrected chi connectivity index (χ0v) is 12.1. The van der Waals surface area contributed by atoms with E-state index in [4.69, 9.17) is 9.84 Å². The van der Waals surface area contributed by atoms with Gasteiger partial charge in [0.05, 0.1) is 5.56 Å². The van der Waals surface area contributed by atoms with Crippen LogP contribution in [0.5, 0.6) is 5.75 Å². The Bertz CT molecular complexity index is 471. The molecular formula is C15H21NO4. The summed E-state index contributed by atoms with van der Waals surface area (Å²) in [7, 11) is 0. The fraction of sp³-hybridized carbons (Fsp3) is 0.467. The van der Waals surface area contributed by atoms with Gasteiger partial charge in [-0.2, -0.15) is 0 Å². The number of amides is 1. The number of benzene rings is 1. The number of carboxylic acid groups (broad SMARTS) is 1. The van der Waals surface area contributed by atoms with E-state index < -0.39 is 12.1 Å². The molecule has 2 N–H and O–H groups in total. The van der Waals surface area contributed by atoms with E-state index in [0.717, 1.165) is 6.42 Å². The minimum absolute atomic E-state index is 0.134. The van der Waals surface area contributed by atoms with Gasteiger partial charge in [-0.05, 0) is 37.5 Å². The summed E-state index contributed by atoms with van der Waals surface area (Å²) in [4.78, 5) is 22.6. The Morgan fingerprint density at radius 1 is 1.30 bits per heavy atom. The zero-order chi connectivity index (χ0) is 15.1. The third-order valence-corrected chi connectivity index (χ3v) is 2.78.